The second kappa shape index (κ2) is 18.2. The van der Waals surface area contributed by atoms with Gasteiger partial charge in [0.2, 0.25) is 0 Å². The molecule has 0 radical (unpaired) electrons. The minimum atomic E-state index is -0.0709. The van der Waals surface area contributed by atoms with Crippen LogP contribution in [-0.4, -0.2) is 12.3 Å². The van der Waals surface area contributed by atoms with Gasteiger partial charge in [0.1, 0.15) is 0 Å². The van der Waals surface area contributed by atoms with E-state index in [1.54, 1.807) is 0 Å². The summed E-state index contributed by atoms with van der Waals surface area (Å²) >= 11 is 0. The highest BCUT2D eigenvalue weighted by atomic mass is 14.9. The summed E-state index contributed by atoms with van der Waals surface area (Å²) in [6.45, 7) is 39.6. The summed E-state index contributed by atoms with van der Waals surface area (Å²) in [4.78, 5) is 4.81. The lowest BCUT2D eigenvalue weighted by Crippen LogP contribution is -2.23. The molecule has 0 aliphatic heterocycles. The SMILES string of the molecule is C=C/C(C)=C(\C=C/CCNC(=C)C(/C=C(\C)C(=C)NC(C(=C)C)c1ccc(C(=C)C)cc1)=N/C(C)=C/C)NC(=C)CC. The van der Waals surface area contributed by atoms with E-state index in [1.807, 2.05) is 59.8 Å². The Morgan fingerprint density at radius 2 is 1.60 bits per heavy atom. The first-order valence-electron chi connectivity index (χ1n) is 14.5. The van der Waals surface area contributed by atoms with E-state index in [2.05, 4.69) is 98.8 Å². The third kappa shape index (κ3) is 12.1. The van der Waals surface area contributed by atoms with Crippen LogP contribution in [0.1, 0.15) is 78.5 Å². The second-order valence-corrected chi connectivity index (χ2v) is 10.5. The minimum absolute atomic E-state index is 0.0709. The summed E-state index contributed by atoms with van der Waals surface area (Å²) in [6, 6.07) is 8.33. The average molecular weight is 565 g/mol. The topological polar surface area (TPSA) is 48.5 Å². The standard InChI is InChI=1S/C38H52N4/c1-14-28(8)36(40-30(10)15-2)19-17-18-24-39-33(13)37(41-31(11)16-3)25-29(9)32(12)42-38(27(6)7)35-22-20-34(21-23-35)26(4)5/h14,16-17,19-23,25,38-40,42H,1,4,6,10,12-13,15,18,24H2,2-3,5,7-9,11H3/b19-17-,29-25+,31-16+,36-28+,41-37+. The van der Waals surface area contributed by atoms with E-state index in [0.29, 0.717) is 6.54 Å². The van der Waals surface area contributed by atoms with Crippen molar-refractivity contribution in [2.45, 2.75) is 67.3 Å². The van der Waals surface area contributed by atoms with E-state index in [-0.39, 0.29) is 6.04 Å². The lowest BCUT2D eigenvalue weighted by molar-refractivity contribution is 0.688. The first-order chi connectivity index (χ1) is 19.8. The Bertz CT molecular complexity index is 1320. The third-order valence-electron chi connectivity index (χ3n) is 6.80. The van der Waals surface area contributed by atoms with Crippen molar-refractivity contribution < 1.29 is 0 Å². The summed E-state index contributed by atoms with van der Waals surface area (Å²) < 4.78 is 0. The highest BCUT2D eigenvalue weighted by molar-refractivity contribution is 6.08. The molecule has 4 heteroatoms. The lowest BCUT2D eigenvalue weighted by Gasteiger charge is -2.23. The Labute approximate surface area is 256 Å². The molecule has 0 saturated heterocycles. The smallest absolute Gasteiger partial charge is 0.0861 e. The predicted molar refractivity (Wildman–Crippen MR) is 188 cm³/mol. The zero-order chi connectivity index (χ0) is 31.8. The van der Waals surface area contributed by atoms with Crippen LogP contribution < -0.4 is 16.0 Å². The Balaban J connectivity index is 3.04. The number of hydrogen-bond acceptors (Lipinski definition) is 4. The van der Waals surface area contributed by atoms with Gasteiger partial charge in [-0.25, -0.2) is 0 Å². The largest absolute Gasteiger partial charge is 0.383 e. The number of nitrogens with one attached hydrogen (secondary N) is 3. The summed E-state index contributed by atoms with van der Waals surface area (Å²) in [7, 11) is 0. The second-order valence-electron chi connectivity index (χ2n) is 10.5. The molecule has 0 aliphatic rings. The highest BCUT2D eigenvalue weighted by Gasteiger charge is 2.14. The summed E-state index contributed by atoms with van der Waals surface area (Å²) in [5, 5.41) is 10.4. The molecule has 1 rings (SSSR count). The van der Waals surface area contributed by atoms with Gasteiger partial charge in [-0.05, 0) is 88.8 Å². The molecule has 0 aromatic heterocycles. The molecule has 1 aromatic rings. The van der Waals surface area contributed by atoms with Crippen LogP contribution >= 0.6 is 0 Å². The molecule has 3 N–H and O–H groups in total. The van der Waals surface area contributed by atoms with Crippen LogP contribution in [0.15, 0.2) is 144 Å². The quantitative estimate of drug-likeness (QED) is 0.0720. The Morgan fingerprint density at radius 3 is 2.12 bits per heavy atom. The predicted octanol–water partition coefficient (Wildman–Crippen LogP) is 9.77. The molecule has 1 aromatic carbocycles. The van der Waals surface area contributed by atoms with Crippen molar-refractivity contribution in [1.82, 2.24) is 16.0 Å². The first-order valence-corrected chi connectivity index (χ1v) is 14.5. The Morgan fingerprint density at radius 1 is 0.952 bits per heavy atom. The van der Waals surface area contributed by atoms with Crippen molar-refractivity contribution in [3.05, 3.63) is 150 Å². The van der Waals surface area contributed by atoms with E-state index in [4.69, 9.17) is 4.99 Å². The molecule has 0 bridgehead atoms. The molecular weight excluding hydrogens is 512 g/mol. The van der Waals surface area contributed by atoms with Gasteiger partial charge in [0.25, 0.3) is 0 Å². The maximum Gasteiger partial charge on any atom is 0.0861 e. The molecule has 0 saturated carbocycles. The highest BCUT2D eigenvalue weighted by Crippen LogP contribution is 2.25. The van der Waals surface area contributed by atoms with E-state index >= 15 is 0 Å². The van der Waals surface area contributed by atoms with Crippen LogP contribution in [0.2, 0.25) is 0 Å². The molecule has 4 nitrogen and oxygen atoms in total. The van der Waals surface area contributed by atoms with Gasteiger partial charge in [-0.3, -0.25) is 4.99 Å². The number of aliphatic imine (C=N–C) groups is 1. The molecule has 0 heterocycles. The van der Waals surface area contributed by atoms with Gasteiger partial charge >= 0.3 is 0 Å². The van der Waals surface area contributed by atoms with Crippen molar-refractivity contribution in [1.29, 1.82) is 0 Å². The van der Waals surface area contributed by atoms with Crippen molar-refractivity contribution in [2.75, 3.05) is 6.54 Å². The Hall–Kier alpha value is -4.31. The van der Waals surface area contributed by atoms with Gasteiger partial charge in [-0.2, -0.15) is 0 Å². The number of nitrogens with zero attached hydrogens (tertiary/aromatic N) is 1. The van der Waals surface area contributed by atoms with Crippen LogP contribution in [0.25, 0.3) is 5.57 Å². The number of hydrogen-bond donors (Lipinski definition) is 3. The number of allylic oxidation sites excluding steroid dienone is 9. The van der Waals surface area contributed by atoms with Crippen LogP contribution in [0.3, 0.4) is 0 Å². The van der Waals surface area contributed by atoms with Gasteiger partial charge in [-0.1, -0.05) is 100 Å². The zero-order valence-electron chi connectivity index (χ0n) is 27.1. The zero-order valence-corrected chi connectivity index (χ0v) is 27.1. The fraction of sp³-hybridized carbons (Fsp3) is 0.289. The average Bonchev–Trinajstić information content (AvgIpc) is 2.97. The van der Waals surface area contributed by atoms with Crippen LogP contribution in [-0.2, 0) is 0 Å². The van der Waals surface area contributed by atoms with E-state index in [1.165, 1.54) is 0 Å². The third-order valence-corrected chi connectivity index (χ3v) is 6.80. The van der Waals surface area contributed by atoms with Gasteiger partial charge in [0.05, 0.1) is 17.5 Å². The molecule has 1 atom stereocenters. The van der Waals surface area contributed by atoms with E-state index in [9.17, 15) is 0 Å². The molecule has 224 valence electrons. The maximum absolute atomic E-state index is 4.81. The van der Waals surface area contributed by atoms with Crippen molar-refractivity contribution in [3.63, 3.8) is 0 Å². The molecule has 0 fully saturated rings. The fourth-order valence-corrected chi connectivity index (χ4v) is 3.73. The van der Waals surface area contributed by atoms with Crippen LogP contribution in [0, 0.1) is 0 Å². The van der Waals surface area contributed by atoms with Crippen LogP contribution in [0.4, 0.5) is 0 Å². The summed E-state index contributed by atoms with van der Waals surface area (Å²) in [6.07, 6.45) is 11.7. The molecular formula is C38H52N4. The first kappa shape index (κ1) is 35.7. The molecule has 0 amide bonds. The number of rotatable bonds is 18. The molecule has 1 unspecified atom stereocenters. The minimum Gasteiger partial charge on any atom is -0.383 e. The van der Waals surface area contributed by atoms with E-state index < -0.39 is 0 Å². The normalized spacial score (nSPS) is 13.6. The van der Waals surface area contributed by atoms with Gasteiger partial charge < -0.3 is 16.0 Å². The lowest BCUT2D eigenvalue weighted by atomic mass is 9.97. The van der Waals surface area contributed by atoms with Crippen LogP contribution in [0.5, 0.6) is 0 Å². The molecule has 0 aliphatic carbocycles. The van der Waals surface area contributed by atoms with E-state index in [0.717, 1.165) is 80.5 Å². The maximum atomic E-state index is 4.81. The monoisotopic (exact) mass is 564 g/mol. The number of benzene rings is 1. The summed E-state index contributed by atoms with van der Waals surface area (Å²) in [5.41, 5.74) is 11.5. The van der Waals surface area contributed by atoms with Crippen molar-refractivity contribution in [3.8, 4) is 0 Å². The fourth-order valence-electron chi connectivity index (χ4n) is 3.73. The van der Waals surface area contributed by atoms with Crippen molar-refractivity contribution in [2.24, 2.45) is 4.99 Å². The van der Waals surface area contributed by atoms with Gasteiger partial charge in [0.15, 0.2) is 0 Å². The van der Waals surface area contributed by atoms with Gasteiger partial charge in [0, 0.05) is 29.3 Å². The van der Waals surface area contributed by atoms with Gasteiger partial charge in [-0.15, -0.1) is 0 Å². The molecule has 42 heavy (non-hydrogen) atoms. The Kier molecular flexibility index (Phi) is 15.5. The summed E-state index contributed by atoms with van der Waals surface area (Å²) in [5.74, 6) is 0. The molecule has 0 spiro atoms. The van der Waals surface area contributed by atoms with Crippen molar-refractivity contribution >= 4 is 11.3 Å².